The smallest absolute Gasteiger partial charge is 0.451 e. The second-order valence-corrected chi connectivity index (χ2v) is 11.9. The van der Waals surface area contributed by atoms with E-state index in [0.717, 1.165) is 5.56 Å². The quantitative estimate of drug-likeness (QED) is 0.185. The van der Waals surface area contributed by atoms with Gasteiger partial charge in [-0.15, -0.1) is 0 Å². The van der Waals surface area contributed by atoms with Gasteiger partial charge in [-0.05, 0) is 55.7 Å². The molecule has 4 N–H and O–H groups in total. The van der Waals surface area contributed by atoms with E-state index in [2.05, 4.69) is 25.9 Å². The van der Waals surface area contributed by atoms with Crippen LogP contribution < -0.4 is 36.6 Å². The summed E-state index contributed by atoms with van der Waals surface area (Å²) < 4.78 is 41.6. The van der Waals surface area contributed by atoms with Gasteiger partial charge in [-0.1, -0.05) is 12.1 Å². The Labute approximate surface area is 273 Å². The monoisotopic (exact) mass is 668 g/mol. The largest absolute Gasteiger partial charge is 0.481 e. The number of hydrogen-bond acceptors (Lipinski definition) is 11. The van der Waals surface area contributed by atoms with E-state index in [4.69, 9.17) is 10.4 Å². The lowest BCUT2D eigenvalue weighted by Gasteiger charge is -2.41. The molecule has 1 aromatic heterocycles. The fraction of sp³-hybridized carbons (Fsp3) is 0.469. The van der Waals surface area contributed by atoms with Gasteiger partial charge in [0.2, 0.25) is 11.7 Å². The van der Waals surface area contributed by atoms with Gasteiger partial charge in [0, 0.05) is 45.3 Å². The number of nitriles is 1. The second-order valence-electron chi connectivity index (χ2n) is 11.9. The summed E-state index contributed by atoms with van der Waals surface area (Å²) in [4.78, 5) is 58.4. The molecule has 2 aliphatic heterocycles. The zero-order valence-corrected chi connectivity index (χ0v) is 26.0. The van der Waals surface area contributed by atoms with Gasteiger partial charge in [-0.3, -0.25) is 19.2 Å². The Balaban J connectivity index is 1.15. The normalized spacial score (nSPS) is 16.7. The maximum atomic E-state index is 13.9. The number of aliphatic carboxylic acids is 1. The first-order valence-corrected chi connectivity index (χ1v) is 15.7. The third-order valence-electron chi connectivity index (χ3n) is 8.71. The van der Waals surface area contributed by atoms with Crippen molar-refractivity contribution in [1.29, 1.82) is 5.26 Å². The molecule has 16 heteroatoms. The van der Waals surface area contributed by atoms with Crippen molar-refractivity contribution in [3.05, 3.63) is 67.7 Å². The fourth-order valence-electron chi connectivity index (χ4n) is 5.86. The molecule has 1 unspecified atom stereocenters. The third-order valence-corrected chi connectivity index (χ3v) is 8.71. The first-order chi connectivity index (χ1) is 22.9. The van der Waals surface area contributed by atoms with Gasteiger partial charge in [-0.25, -0.2) is 9.97 Å². The molecule has 0 bridgehead atoms. The average Bonchev–Trinajstić information content (AvgIpc) is 3.04. The van der Waals surface area contributed by atoms with Crippen molar-refractivity contribution in [2.75, 3.05) is 59.7 Å². The molecular formula is C32H35F3N8O5. The summed E-state index contributed by atoms with van der Waals surface area (Å²) in [6.45, 7) is 2.00. The predicted molar refractivity (Wildman–Crippen MR) is 171 cm³/mol. The van der Waals surface area contributed by atoms with Crippen molar-refractivity contribution in [3.8, 4) is 6.07 Å². The summed E-state index contributed by atoms with van der Waals surface area (Å²) in [5.41, 5.74) is 0.347. The molecule has 1 amide bonds. The van der Waals surface area contributed by atoms with Crippen molar-refractivity contribution in [3.63, 3.8) is 0 Å². The highest BCUT2D eigenvalue weighted by Crippen LogP contribution is 2.34. The lowest BCUT2D eigenvalue weighted by Crippen LogP contribution is -2.57. The minimum absolute atomic E-state index is 0.0146. The lowest BCUT2D eigenvalue weighted by atomic mass is 9.93. The summed E-state index contributed by atoms with van der Waals surface area (Å²) in [7, 11) is 0. The van der Waals surface area contributed by atoms with Crippen LogP contribution in [0.4, 0.5) is 36.2 Å². The maximum absolute atomic E-state index is 13.9. The number of carboxylic acid groups (broad SMARTS) is 1. The van der Waals surface area contributed by atoms with Crippen LogP contribution in [0.2, 0.25) is 0 Å². The first kappa shape index (κ1) is 34.1. The molecule has 2 aromatic carbocycles. The molecule has 1 atom stereocenters. The molecule has 2 saturated heterocycles. The highest BCUT2D eigenvalue weighted by Gasteiger charge is 2.40. The van der Waals surface area contributed by atoms with Crippen molar-refractivity contribution < 1.29 is 27.9 Å². The number of alkyl halides is 3. The highest BCUT2D eigenvalue weighted by atomic mass is 19.4. The van der Waals surface area contributed by atoms with Crippen molar-refractivity contribution in [2.24, 2.45) is 5.92 Å². The molecule has 3 heterocycles. The van der Waals surface area contributed by atoms with Gasteiger partial charge in [0.25, 0.3) is 10.9 Å². The number of benzene rings is 1. The number of nitrogens with one attached hydrogen (secondary N) is 3. The number of carbonyl (C=O) groups excluding carboxylic acids is 1. The Morgan fingerprint density at radius 2 is 1.58 bits per heavy atom. The van der Waals surface area contributed by atoms with E-state index in [-0.39, 0.29) is 47.8 Å². The third kappa shape index (κ3) is 8.01. The van der Waals surface area contributed by atoms with Crippen LogP contribution in [0.25, 0.3) is 0 Å². The van der Waals surface area contributed by atoms with Crippen molar-refractivity contribution in [1.82, 2.24) is 15.3 Å². The van der Waals surface area contributed by atoms with Crippen molar-refractivity contribution in [2.45, 2.75) is 50.7 Å². The Bertz CT molecular complexity index is 1740. The molecule has 5 rings (SSSR count). The predicted octanol–water partition coefficient (Wildman–Crippen LogP) is 2.51. The van der Waals surface area contributed by atoms with Gasteiger partial charge < -0.3 is 30.9 Å². The van der Waals surface area contributed by atoms with Crippen LogP contribution in [0.1, 0.15) is 49.1 Å². The number of anilines is 4. The number of carboxylic acids is 1. The van der Waals surface area contributed by atoms with Crippen LogP contribution in [0.15, 0.2) is 39.9 Å². The number of aromatic nitrogens is 2. The zero-order chi connectivity index (χ0) is 34.4. The summed E-state index contributed by atoms with van der Waals surface area (Å²) >= 11 is 0. The number of carbonyl (C=O) groups is 2. The number of halogens is 3. The summed E-state index contributed by atoms with van der Waals surface area (Å²) in [5, 5.41) is 26.2. The molecule has 2 aliphatic rings. The molecule has 3 aromatic rings. The average molecular weight is 669 g/mol. The molecule has 13 nitrogen and oxygen atoms in total. The van der Waals surface area contributed by atoms with Gasteiger partial charge >= 0.3 is 12.1 Å². The summed E-state index contributed by atoms with van der Waals surface area (Å²) in [5.74, 6) is -2.22. The standard InChI is InChI=1S/C32H35F3N8O5/c33-32(34,35)31-40-23(17-24(41-31)43-16-10-22(43)30(48)39-12-6-19-1-3-21(18-36)4-2-19)42-14-8-20(9-15-42)5-11-37-26-27(29(47)28(26)46)38-13-7-25(44)45/h1-4,17,20,22,37-38H,5-16H2,(H,39,48)(H,44,45). The minimum Gasteiger partial charge on any atom is -0.481 e. The van der Waals surface area contributed by atoms with E-state index in [1.807, 2.05) is 6.07 Å². The topological polar surface area (TPSA) is 181 Å². The van der Waals surface area contributed by atoms with E-state index in [0.29, 0.717) is 70.4 Å². The van der Waals surface area contributed by atoms with E-state index >= 15 is 0 Å². The van der Waals surface area contributed by atoms with E-state index < -0.39 is 34.9 Å². The van der Waals surface area contributed by atoms with Crippen LogP contribution in [-0.4, -0.2) is 72.3 Å². The second kappa shape index (κ2) is 14.7. The number of piperidine rings is 1. The molecule has 48 heavy (non-hydrogen) atoms. The van der Waals surface area contributed by atoms with Crippen LogP contribution in [-0.2, 0) is 22.2 Å². The number of amides is 1. The zero-order valence-electron chi connectivity index (χ0n) is 26.0. The van der Waals surface area contributed by atoms with Crippen molar-refractivity contribution >= 4 is 34.9 Å². The Morgan fingerprint density at radius 1 is 0.938 bits per heavy atom. The summed E-state index contributed by atoms with van der Waals surface area (Å²) in [6.07, 6.45) is -2.01. The van der Waals surface area contributed by atoms with Gasteiger partial charge in [-0.2, -0.15) is 18.4 Å². The van der Waals surface area contributed by atoms with Crippen LogP contribution in [0, 0.1) is 17.2 Å². The Hall–Kier alpha value is -5.20. The van der Waals surface area contributed by atoms with E-state index in [9.17, 15) is 32.3 Å². The Morgan fingerprint density at radius 3 is 2.17 bits per heavy atom. The molecule has 0 aliphatic carbocycles. The molecule has 0 radical (unpaired) electrons. The van der Waals surface area contributed by atoms with Crippen LogP contribution in [0.5, 0.6) is 0 Å². The number of nitrogens with zero attached hydrogens (tertiary/aromatic N) is 5. The SMILES string of the molecule is N#Cc1ccc(CCNC(=O)C2CCN2c2cc(N3CCC(CCNc4c(NCCC(=O)O)c(=O)c4=O)CC3)nc(C(F)(F)F)n2)cc1. The summed E-state index contributed by atoms with van der Waals surface area (Å²) in [6, 6.07) is 9.89. The molecule has 0 spiro atoms. The maximum Gasteiger partial charge on any atom is 0.451 e. The fourth-order valence-corrected chi connectivity index (χ4v) is 5.86. The molecular weight excluding hydrogens is 633 g/mol. The molecule has 254 valence electrons. The first-order valence-electron chi connectivity index (χ1n) is 15.7. The van der Waals surface area contributed by atoms with E-state index in [1.165, 1.54) is 6.07 Å². The number of hydrogen-bond donors (Lipinski definition) is 4. The van der Waals surface area contributed by atoms with Gasteiger partial charge in [0.1, 0.15) is 29.1 Å². The van der Waals surface area contributed by atoms with Gasteiger partial charge in [0.05, 0.1) is 18.1 Å². The Kier molecular flexibility index (Phi) is 10.5. The van der Waals surface area contributed by atoms with Crippen LogP contribution in [0.3, 0.4) is 0 Å². The van der Waals surface area contributed by atoms with Gasteiger partial charge in [0.15, 0.2) is 0 Å². The molecule has 0 saturated carbocycles. The van der Waals surface area contributed by atoms with E-state index in [1.54, 1.807) is 34.1 Å². The molecule has 2 fully saturated rings. The number of rotatable bonds is 14. The van der Waals surface area contributed by atoms with Crippen LogP contribution >= 0.6 is 0 Å². The lowest BCUT2D eigenvalue weighted by molar-refractivity contribution is -0.144. The highest BCUT2D eigenvalue weighted by molar-refractivity contribution is 5.86. The minimum atomic E-state index is -4.78.